The Hall–Kier alpha value is -1.19. The van der Waals surface area contributed by atoms with Crippen molar-refractivity contribution in [2.24, 2.45) is 5.73 Å². The van der Waals surface area contributed by atoms with Gasteiger partial charge in [-0.1, -0.05) is 12.1 Å². The number of hydrogen-bond acceptors (Lipinski definition) is 3. The molecule has 0 radical (unpaired) electrons. The first-order chi connectivity index (χ1) is 7.58. The monoisotopic (exact) mass is 275 g/mol. The summed E-state index contributed by atoms with van der Waals surface area (Å²) in [4.78, 5) is 0. The van der Waals surface area contributed by atoms with Crippen LogP contribution < -0.4 is 5.73 Å². The van der Waals surface area contributed by atoms with Crippen LogP contribution in [-0.4, -0.2) is 18.5 Å². The molecule has 0 atom stereocenters. The molecule has 0 bridgehead atoms. The normalized spacial score (nSPS) is 11.6. The lowest BCUT2D eigenvalue weighted by Gasteiger charge is -1.97. The van der Waals surface area contributed by atoms with Gasteiger partial charge in [0, 0.05) is 6.54 Å². The van der Waals surface area contributed by atoms with Gasteiger partial charge in [0.05, 0.1) is 0 Å². The first-order valence-electron chi connectivity index (χ1n) is 4.06. The fourth-order valence-corrected chi connectivity index (χ4v) is 0.664. The van der Waals surface area contributed by atoms with Gasteiger partial charge in [-0.3, -0.25) is 4.55 Å². The number of benzene rings is 1. The highest BCUT2D eigenvalue weighted by Crippen LogP contribution is 2.20. The Labute approximate surface area is 94.8 Å². The summed E-state index contributed by atoms with van der Waals surface area (Å²) in [5.41, 5.74) is 0.546. The van der Waals surface area contributed by atoms with E-state index < -0.39 is 15.6 Å². The van der Waals surface area contributed by atoms with Crippen LogP contribution in [0.3, 0.4) is 0 Å². The van der Waals surface area contributed by atoms with Gasteiger partial charge in [0.2, 0.25) is 0 Å². The van der Waals surface area contributed by atoms with E-state index in [1.165, 1.54) is 12.1 Å². The van der Waals surface area contributed by atoms with E-state index >= 15 is 0 Å². The standard InChI is InChI=1S/C7H8FN.CHF3O3S/c8-7-3-1-2-6(4-7)5-9;2-1(3,4)8(5,6)7/h1-4H,5,9H2;(H,5,6,7). The zero-order valence-electron chi connectivity index (χ0n) is 8.28. The molecule has 17 heavy (non-hydrogen) atoms. The SMILES string of the molecule is NCc1cccc(F)c1.O=S(=O)(O)C(F)(F)F. The lowest BCUT2D eigenvalue weighted by Crippen LogP contribution is -2.21. The number of halogens is 4. The first-order valence-corrected chi connectivity index (χ1v) is 5.50. The van der Waals surface area contributed by atoms with E-state index in [4.69, 9.17) is 18.7 Å². The van der Waals surface area contributed by atoms with Crippen molar-refractivity contribution in [3.63, 3.8) is 0 Å². The number of rotatable bonds is 1. The molecular weight excluding hydrogens is 266 g/mol. The Morgan fingerprint density at radius 2 is 1.76 bits per heavy atom. The molecule has 0 aliphatic rings. The van der Waals surface area contributed by atoms with Crippen molar-refractivity contribution in [3.8, 4) is 0 Å². The van der Waals surface area contributed by atoms with Gasteiger partial charge in [0.1, 0.15) is 5.82 Å². The van der Waals surface area contributed by atoms with Gasteiger partial charge in [-0.2, -0.15) is 21.6 Å². The van der Waals surface area contributed by atoms with Crippen molar-refractivity contribution in [1.29, 1.82) is 0 Å². The third-order valence-corrected chi connectivity index (χ3v) is 2.00. The van der Waals surface area contributed by atoms with Crippen molar-refractivity contribution in [2.75, 3.05) is 0 Å². The third kappa shape index (κ3) is 6.19. The summed E-state index contributed by atoms with van der Waals surface area (Å²) in [7, 11) is -5.84. The zero-order valence-corrected chi connectivity index (χ0v) is 9.09. The topological polar surface area (TPSA) is 80.4 Å². The molecule has 0 aliphatic heterocycles. The molecule has 0 fully saturated rings. The lowest BCUT2D eigenvalue weighted by molar-refractivity contribution is -0.0510. The molecule has 3 N–H and O–H groups in total. The highest BCUT2D eigenvalue weighted by molar-refractivity contribution is 7.86. The van der Waals surface area contributed by atoms with Gasteiger partial charge in [-0.15, -0.1) is 0 Å². The molecule has 0 aliphatic carbocycles. The van der Waals surface area contributed by atoms with Crippen molar-refractivity contribution in [2.45, 2.75) is 12.1 Å². The molecule has 0 spiro atoms. The average Bonchev–Trinajstić information content (AvgIpc) is 2.15. The predicted molar refractivity (Wildman–Crippen MR) is 51.9 cm³/mol. The van der Waals surface area contributed by atoms with Crippen LogP contribution in [0.15, 0.2) is 24.3 Å². The summed E-state index contributed by atoms with van der Waals surface area (Å²) in [6.45, 7) is 0.401. The Kier molecular flexibility index (Phi) is 5.52. The lowest BCUT2D eigenvalue weighted by atomic mass is 10.2. The molecule has 98 valence electrons. The molecule has 0 amide bonds. The van der Waals surface area contributed by atoms with Crippen molar-refractivity contribution in [3.05, 3.63) is 35.6 Å². The average molecular weight is 275 g/mol. The molecule has 0 unspecified atom stereocenters. The second kappa shape index (κ2) is 5.94. The van der Waals surface area contributed by atoms with Crippen LogP contribution in [0.4, 0.5) is 17.6 Å². The maximum absolute atomic E-state index is 12.3. The van der Waals surface area contributed by atoms with Crippen molar-refractivity contribution >= 4 is 10.1 Å². The van der Waals surface area contributed by atoms with E-state index in [1.54, 1.807) is 12.1 Å². The van der Waals surface area contributed by atoms with E-state index in [0.29, 0.717) is 6.54 Å². The number of alkyl halides is 3. The van der Waals surface area contributed by atoms with Crippen LogP contribution in [0.1, 0.15) is 5.56 Å². The summed E-state index contributed by atoms with van der Waals surface area (Å²) in [5, 5.41) is 0. The minimum absolute atomic E-state index is 0.224. The van der Waals surface area contributed by atoms with E-state index in [2.05, 4.69) is 0 Å². The predicted octanol–water partition coefficient (Wildman–Crippen LogP) is 1.68. The van der Waals surface area contributed by atoms with Crippen LogP contribution in [0.25, 0.3) is 0 Å². The molecule has 9 heteroatoms. The zero-order chi connectivity index (χ0) is 13.7. The molecule has 1 rings (SSSR count). The van der Waals surface area contributed by atoms with Crippen LogP contribution in [-0.2, 0) is 16.7 Å². The van der Waals surface area contributed by atoms with Gasteiger partial charge in [-0.25, -0.2) is 4.39 Å². The maximum Gasteiger partial charge on any atom is 0.522 e. The second-order valence-corrected chi connectivity index (χ2v) is 4.17. The summed E-state index contributed by atoms with van der Waals surface area (Å²) in [6, 6.07) is 6.28. The molecule has 1 aromatic carbocycles. The smallest absolute Gasteiger partial charge is 0.326 e. The van der Waals surface area contributed by atoms with Crippen LogP contribution in [0.5, 0.6) is 0 Å². The van der Waals surface area contributed by atoms with Gasteiger partial charge in [0.25, 0.3) is 0 Å². The minimum atomic E-state index is -5.84. The van der Waals surface area contributed by atoms with Crippen LogP contribution in [0, 0.1) is 5.82 Å². The highest BCUT2D eigenvalue weighted by atomic mass is 32.2. The minimum Gasteiger partial charge on any atom is -0.326 e. The van der Waals surface area contributed by atoms with E-state index in [1.807, 2.05) is 0 Å². The van der Waals surface area contributed by atoms with E-state index in [9.17, 15) is 17.6 Å². The molecule has 4 nitrogen and oxygen atoms in total. The Morgan fingerprint density at radius 1 is 1.29 bits per heavy atom. The van der Waals surface area contributed by atoms with Crippen LogP contribution >= 0.6 is 0 Å². The van der Waals surface area contributed by atoms with E-state index in [-0.39, 0.29) is 5.82 Å². The molecule has 0 saturated carbocycles. The Bertz CT molecular complexity index is 458. The largest absolute Gasteiger partial charge is 0.522 e. The molecule has 0 heterocycles. The quantitative estimate of drug-likeness (QED) is 0.464. The highest BCUT2D eigenvalue weighted by Gasteiger charge is 2.44. The Balaban J connectivity index is 0.000000304. The fraction of sp³-hybridized carbons (Fsp3) is 0.250. The van der Waals surface area contributed by atoms with E-state index in [0.717, 1.165) is 5.56 Å². The Morgan fingerprint density at radius 3 is 2.00 bits per heavy atom. The summed E-state index contributed by atoms with van der Waals surface area (Å²) >= 11 is 0. The van der Waals surface area contributed by atoms with Gasteiger partial charge in [0.15, 0.2) is 0 Å². The summed E-state index contributed by atoms with van der Waals surface area (Å²) < 4.78 is 69.8. The third-order valence-electron chi connectivity index (χ3n) is 1.42. The van der Waals surface area contributed by atoms with Crippen molar-refractivity contribution < 1.29 is 30.5 Å². The van der Waals surface area contributed by atoms with Gasteiger partial charge < -0.3 is 5.73 Å². The molecule has 0 saturated heterocycles. The number of nitrogens with two attached hydrogens (primary N) is 1. The first kappa shape index (κ1) is 15.8. The maximum atomic E-state index is 12.3. The second-order valence-electron chi connectivity index (χ2n) is 2.75. The van der Waals surface area contributed by atoms with Crippen LogP contribution in [0.2, 0.25) is 0 Å². The molecule has 0 aromatic heterocycles. The summed E-state index contributed by atoms with van der Waals surface area (Å²) in [5.74, 6) is -0.224. The molecule has 1 aromatic rings. The van der Waals surface area contributed by atoms with Gasteiger partial charge in [-0.05, 0) is 17.7 Å². The van der Waals surface area contributed by atoms with Crippen molar-refractivity contribution in [1.82, 2.24) is 0 Å². The molecular formula is C8H9F4NO3S. The number of hydrogen-bond donors (Lipinski definition) is 2. The summed E-state index contributed by atoms with van der Waals surface area (Å²) in [6.07, 6.45) is 0. The fourth-order valence-electron chi connectivity index (χ4n) is 0.664. The van der Waals surface area contributed by atoms with Gasteiger partial charge >= 0.3 is 15.6 Å².